The molecule has 0 saturated carbocycles. The highest BCUT2D eigenvalue weighted by molar-refractivity contribution is 5.98. The summed E-state index contributed by atoms with van der Waals surface area (Å²) in [4.78, 5) is 11.8. The summed E-state index contributed by atoms with van der Waals surface area (Å²) in [5, 5.41) is 15.4. The van der Waals surface area contributed by atoms with Crippen molar-refractivity contribution in [3.8, 4) is 0 Å². The number of nitrogens with zero attached hydrogens (tertiary/aromatic N) is 3. The number of tetrazole rings is 1. The van der Waals surface area contributed by atoms with Gasteiger partial charge in [-0.05, 0) is 67.0 Å². The molecule has 0 bridgehead atoms. The minimum absolute atomic E-state index is 0.226. The quantitative estimate of drug-likeness (QED) is 0.565. The normalized spacial score (nSPS) is 18.6. The summed E-state index contributed by atoms with van der Waals surface area (Å²) in [6.45, 7) is 10.8. The van der Waals surface area contributed by atoms with Crippen LogP contribution in [-0.4, -0.2) is 26.5 Å². The number of aromatic amines is 1. The second kappa shape index (κ2) is 9.26. The van der Waals surface area contributed by atoms with Gasteiger partial charge in [0.15, 0.2) is 0 Å². The number of nitrogens with one attached hydrogen (secondary N) is 2. The molecule has 0 aliphatic heterocycles. The molecular weight excluding hydrogens is 338 g/mol. The van der Waals surface area contributed by atoms with Crippen molar-refractivity contribution >= 4 is 11.9 Å². The highest BCUT2D eigenvalue weighted by atomic mass is 16.1. The Morgan fingerprint density at radius 2 is 2.00 bits per heavy atom. The largest absolute Gasteiger partial charge is 0.290 e. The van der Waals surface area contributed by atoms with Crippen LogP contribution in [0.4, 0.5) is 5.95 Å². The minimum Gasteiger partial charge on any atom is -0.290 e. The van der Waals surface area contributed by atoms with E-state index >= 15 is 0 Å². The molecule has 1 aromatic heterocycles. The third kappa shape index (κ3) is 6.47. The predicted molar refractivity (Wildman–Crippen MR) is 109 cm³/mol. The van der Waals surface area contributed by atoms with E-state index < -0.39 is 0 Å². The van der Waals surface area contributed by atoms with Crippen LogP contribution in [0.25, 0.3) is 0 Å². The van der Waals surface area contributed by atoms with Crippen LogP contribution in [0.2, 0.25) is 0 Å². The number of allylic oxidation sites excluding steroid dienone is 9. The van der Waals surface area contributed by atoms with E-state index in [2.05, 4.69) is 65.8 Å². The summed E-state index contributed by atoms with van der Waals surface area (Å²) in [7, 11) is 0. The number of carbonyl (C=O) groups is 1. The Labute approximate surface area is 161 Å². The minimum atomic E-state index is -0.279. The zero-order chi connectivity index (χ0) is 19.9. The van der Waals surface area contributed by atoms with Crippen molar-refractivity contribution in [3.63, 3.8) is 0 Å². The van der Waals surface area contributed by atoms with E-state index in [9.17, 15) is 4.79 Å². The fourth-order valence-electron chi connectivity index (χ4n) is 3.25. The second-order valence-electron chi connectivity index (χ2n) is 7.66. The van der Waals surface area contributed by atoms with Gasteiger partial charge >= 0.3 is 0 Å². The predicted octanol–water partition coefficient (Wildman–Crippen LogP) is 4.67. The molecule has 1 heterocycles. The number of carbonyl (C=O) groups excluding carboxylic acids is 1. The number of rotatable bonds is 6. The summed E-state index contributed by atoms with van der Waals surface area (Å²) < 4.78 is 0. The molecule has 1 aliphatic rings. The molecule has 0 atom stereocenters. The number of hydrogen-bond donors (Lipinski definition) is 2. The van der Waals surface area contributed by atoms with Gasteiger partial charge in [0.1, 0.15) is 0 Å². The van der Waals surface area contributed by atoms with Crippen molar-refractivity contribution in [1.82, 2.24) is 20.6 Å². The van der Waals surface area contributed by atoms with Gasteiger partial charge in [-0.25, -0.2) is 5.10 Å². The van der Waals surface area contributed by atoms with Gasteiger partial charge in [0.2, 0.25) is 5.95 Å². The van der Waals surface area contributed by atoms with E-state index in [0.29, 0.717) is 0 Å². The molecule has 6 heteroatoms. The molecular formula is C21H29N5O. The number of amides is 1. The topological polar surface area (TPSA) is 83.6 Å². The molecule has 0 spiro atoms. The lowest BCUT2D eigenvalue weighted by molar-refractivity contribution is -0.112. The van der Waals surface area contributed by atoms with Crippen LogP contribution < -0.4 is 5.32 Å². The lowest BCUT2D eigenvalue weighted by Gasteiger charge is -2.32. The summed E-state index contributed by atoms with van der Waals surface area (Å²) in [5.74, 6) is -0.0534. The van der Waals surface area contributed by atoms with Crippen molar-refractivity contribution in [2.24, 2.45) is 5.41 Å². The lowest BCUT2D eigenvalue weighted by Crippen LogP contribution is -2.19. The van der Waals surface area contributed by atoms with E-state index in [1.54, 1.807) is 0 Å². The molecule has 2 N–H and O–H groups in total. The lowest BCUT2D eigenvalue weighted by atomic mass is 9.72. The molecule has 1 aromatic rings. The van der Waals surface area contributed by atoms with Gasteiger partial charge < -0.3 is 0 Å². The summed E-state index contributed by atoms with van der Waals surface area (Å²) in [5.41, 5.74) is 5.20. The first-order valence-electron chi connectivity index (χ1n) is 9.24. The SMILES string of the molecule is CC1=C(/C=C/C(C)=C\C=C\C(C)=C\C(=O)Nc2nnn[nH]2)C(C)(C)CCC1. The summed E-state index contributed by atoms with van der Waals surface area (Å²) >= 11 is 0. The Hall–Kier alpha value is -2.76. The number of aromatic nitrogens is 4. The molecule has 144 valence electrons. The van der Waals surface area contributed by atoms with Crippen LogP contribution in [0.15, 0.2) is 58.7 Å². The van der Waals surface area contributed by atoms with Crippen LogP contribution in [0.5, 0.6) is 0 Å². The average molecular weight is 367 g/mol. The molecule has 1 amide bonds. The van der Waals surface area contributed by atoms with Gasteiger partial charge in [0.25, 0.3) is 5.91 Å². The Morgan fingerprint density at radius 1 is 1.22 bits per heavy atom. The van der Waals surface area contributed by atoms with Gasteiger partial charge in [0, 0.05) is 6.08 Å². The van der Waals surface area contributed by atoms with E-state index in [-0.39, 0.29) is 17.3 Å². The smallest absolute Gasteiger partial charge is 0.251 e. The van der Waals surface area contributed by atoms with Crippen molar-refractivity contribution < 1.29 is 4.79 Å². The van der Waals surface area contributed by atoms with Crippen LogP contribution in [-0.2, 0) is 4.79 Å². The maximum Gasteiger partial charge on any atom is 0.251 e. The highest BCUT2D eigenvalue weighted by Gasteiger charge is 2.26. The monoisotopic (exact) mass is 367 g/mol. The van der Waals surface area contributed by atoms with E-state index in [1.807, 2.05) is 25.2 Å². The zero-order valence-corrected chi connectivity index (χ0v) is 16.8. The Balaban J connectivity index is 1.95. The van der Waals surface area contributed by atoms with Crippen LogP contribution in [0, 0.1) is 5.41 Å². The first kappa shape index (κ1) is 20.6. The standard InChI is InChI=1S/C21H29N5O/c1-15(11-12-18-17(3)10-7-13-21(18,4)5)8-6-9-16(2)14-19(27)22-20-23-25-26-24-20/h6,8-9,11-12,14H,7,10,13H2,1-5H3,(H2,22,23,24,25,26,27)/b9-6+,12-11+,15-8-,16-14+. The van der Waals surface area contributed by atoms with Gasteiger partial charge in [-0.3, -0.25) is 10.1 Å². The van der Waals surface area contributed by atoms with Crippen molar-refractivity contribution in [2.45, 2.75) is 53.9 Å². The molecule has 2 rings (SSSR count). The van der Waals surface area contributed by atoms with Crippen LogP contribution >= 0.6 is 0 Å². The maximum absolute atomic E-state index is 11.8. The zero-order valence-electron chi connectivity index (χ0n) is 16.8. The molecule has 1 aliphatic carbocycles. The molecule has 6 nitrogen and oxygen atoms in total. The van der Waals surface area contributed by atoms with E-state index in [4.69, 9.17) is 0 Å². The van der Waals surface area contributed by atoms with Crippen molar-refractivity contribution in [2.75, 3.05) is 5.32 Å². The van der Waals surface area contributed by atoms with Crippen LogP contribution in [0.3, 0.4) is 0 Å². The van der Waals surface area contributed by atoms with Crippen LogP contribution in [0.1, 0.15) is 53.9 Å². The van der Waals surface area contributed by atoms with Gasteiger partial charge in [-0.1, -0.05) is 60.5 Å². The highest BCUT2D eigenvalue weighted by Crippen LogP contribution is 2.40. The molecule has 0 fully saturated rings. The fourth-order valence-corrected chi connectivity index (χ4v) is 3.25. The molecule has 0 unspecified atom stereocenters. The van der Waals surface area contributed by atoms with Gasteiger partial charge in [-0.15, -0.1) is 0 Å². The van der Waals surface area contributed by atoms with Crippen molar-refractivity contribution in [3.05, 3.63) is 58.7 Å². The van der Waals surface area contributed by atoms with E-state index in [1.165, 1.54) is 36.5 Å². The number of anilines is 1. The first-order valence-corrected chi connectivity index (χ1v) is 9.24. The molecule has 27 heavy (non-hydrogen) atoms. The molecule has 0 saturated heterocycles. The third-order valence-electron chi connectivity index (χ3n) is 4.72. The fraction of sp³-hybridized carbons (Fsp3) is 0.429. The average Bonchev–Trinajstić information content (AvgIpc) is 3.06. The maximum atomic E-state index is 11.8. The third-order valence-corrected chi connectivity index (χ3v) is 4.72. The van der Waals surface area contributed by atoms with Crippen molar-refractivity contribution in [1.29, 1.82) is 0 Å². The molecule has 0 aromatic carbocycles. The Morgan fingerprint density at radius 3 is 2.67 bits per heavy atom. The number of hydrogen-bond acceptors (Lipinski definition) is 4. The summed E-state index contributed by atoms with van der Waals surface area (Å²) in [6, 6.07) is 0. The Bertz CT molecular complexity index is 808. The van der Waals surface area contributed by atoms with E-state index in [0.717, 1.165) is 11.1 Å². The Kier molecular flexibility index (Phi) is 7.05. The first-order chi connectivity index (χ1) is 12.8. The summed E-state index contributed by atoms with van der Waals surface area (Å²) in [6.07, 6.45) is 15.5. The molecule has 0 radical (unpaired) electrons. The number of H-pyrrole nitrogens is 1. The van der Waals surface area contributed by atoms with Gasteiger partial charge in [0.05, 0.1) is 0 Å². The second-order valence-corrected chi connectivity index (χ2v) is 7.66. The van der Waals surface area contributed by atoms with Gasteiger partial charge in [-0.2, -0.15) is 0 Å².